The van der Waals surface area contributed by atoms with Crippen LogP contribution in [0.15, 0.2) is 54.6 Å². The van der Waals surface area contributed by atoms with Gasteiger partial charge in [0.05, 0.1) is 11.2 Å². The Morgan fingerprint density at radius 1 is 0.963 bits per heavy atom. The lowest BCUT2D eigenvalue weighted by Crippen LogP contribution is -2.46. The van der Waals surface area contributed by atoms with Crippen molar-refractivity contribution in [3.8, 4) is 5.75 Å². The normalized spacial score (nSPS) is 17.6. The third kappa shape index (κ3) is 5.47. The molecule has 0 aromatic heterocycles. The molecule has 3 rings (SSSR count). The SMILES string of the molecule is OC1(Cc2ccccc2)CCN(CCOc2ccccc2C(F)(F)F)CC1. The molecule has 0 atom stereocenters. The fourth-order valence-corrected chi connectivity index (χ4v) is 3.46. The number of para-hydroxylation sites is 1. The number of aliphatic hydroxyl groups is 1. The fourth-order valence-electron chi connectivity index (χ4n) is 3.46. The molecule has 0 amide bonds. The van der Waals surface area contributed by atoms with Crippen LogP contribution in [0.3, 0.4) is 0 Å². The molecule has 0 unspecified atom stereocenters. The molecule has 2 aromatic carbocycles. The van der Waals surface area contributed by atoms with E-state index in [1.807, 2.05) is 30.3 Å². The zero-order valence-corrected chi connectivity index (χ0v) is 15.1. The highest BCUT2D eigenvalue weighted by Crippen LogP contribution is 2.36. The number of piperidine rings is 1. The highest BCUT2D eigenvalue weighted by molar-refractivity contribution is 5.35. The Labute approximate surface area is 157 Å². The van der Waals surface area contributed by atoms with Crippen molar-refractivity contribution < 1.29 is 23.0 Å². The average Bonchev–Trinajstić information content (AvgIpc) is 2.64. The standard InChI is InChI=1S/C21H24F3NO2/c22-21(23,24)18-8-4-5-9-19(18)27-15-14-25-12-10-20(26,11-13-25)16-17-6-2-1-3-7-17/h1-9,26H,10-16H2. The lowest BCUT2D eigenvalue weighted by molar-refractivity contribution is -0.139. The van der Waals surface area contributed by atoms with Crippen molar-refractivity contribution in [3.05, 3.63) is 65.7 Å². The first kappa shape index (κ1) is 19.7. The van der Waals surface area contributed by atoms with E-state index in [9.17, 15) is 18.3 Å². The minimum absolute atomic E-state index is 0.136. The highest BCUT2D eigenvalue weighted by Gasteiger charge is 2.34. The average molecular weight is 379 g/mol. The summed E-state index contributed by atoms with van der Waals surface area (Å²) in [5.74, 6) is -0.136. The molecule has 0 aliphatic carbocycles. The van der Waals surface area contributed by atoms with Gasteiger partial charge in [0.1, 0.15) is 12.4 Å². The Morgan fingerprint density at radius 3 is 2.26 bits per heavy atom. The summed E-state index contributed by atoms with van der Waals surface area (Å²) in [6, 6.07) is 15.2. The first-order valence-electron chi connectivity index (χ1n) is 9.13. The van der Waals surface area contributed by atoms with Crippen molar-refractivity contribution in [2.45, 2.75) is 31.0 Å². The predicted molar refractivity (Wildman–Crippen MR) is 97.7 cm³/mol. The zero-order valence-electron chi connectivity index (χ0n) is 15.1. The number of halogens is 3. The maximum Gasteiger partial charge on any atom is 0.419 e. The summed E-state index contributed by atoms with van der Waals surface area (Å²) >= 11 is 0. The Kier molecular flexibility index (Phi) is 6.07. The van der Waals surface area contributed by atoms with Gasteiger partial charge in [-0.1, -0.05) is 42.5 Å². The van der Waals surface area contributed by atoms with Crippen LogP contribution in [0.5, 0.6) is 5.75 Å². The fraction of sp³-hybridized carbons (Fsp3) is 0.429. The topological polar surface area (TPSA) is 32.7 Å². The summed E-state index contributed by atoms with van der Waals surface area (Å²) in [4.78, 5) is 2.12. The third-order valence-electron chi connectivity index (χ3n) is 5.02. The van der Waals surface area contributed by atoms with E-state index in [2.05, 4.69) is 4.90 Å². The molecule has 146 valence electrons. The molecule has 1 saturated heterocycles. The van der Waals surface area contributed by atoms with Crippen LogP contribution in [0, 0.1) is 0 Å². The van der Waals surface area contributed by atoms with Crippen LogP contribution < -0.4 is 4.74 Å². The largest absolute Gasteiger partial charge is 0.492 e. The molecule has 3 nitrogen and oxygen atoms in total. The van der Waals surface area contributed by atoms with Crippen molar-refractivity contribution >= 4 is 0 Å². The quantitative estimate of drug-likeness (QED) is 0.818. The number of hydrogen-bond donors (Lipinski definition) is 1. The van der Waals surface area contributed by atoms with Gasteiger partial charge in [0.25, 0.3) is 0 Å². The van der Waals surface area contributed by atoms with E-state index < -0.39 is 17.3 Å². The summed E-state index contributed by atoms with van der Waals surface area (Å²) in [5, 5.41) is 10.8. The monoisotopic (exact) mass is 379 g/mol. The minimum Gasteiger partial charge on any atom is -0.492 e. The third-order valence-corrected chi connectivity index (χ3v) is 5.02. The maximum absolute atomic E-state index is 13.0. The predicted octanol–water partition coefficient (Wildman–Crippen LogP) is 4.15. The van der Waals surface area contributed by atoms with Gasteiger partial charge in [-0.25, -0.2) is 0 Å². The van der Waals surface area contributed by atoms with Crippen LogP contribution in [0.4, 0.5) is 13.2 Å². The van der Waals surface area contributed by atoms with Crippen molar-refractivity contribution in [2.24, 2.45) is 0 Å². The second-order valence-electron chi connectivity index (χ2n) is 7.07. The van der Waals surface area contributed by atoms with Crippen molar-refractivity contribution in [3.63, 3.8) is 0 Å². The van der Waals surface area contributed by atoms with Crippen LogP contribution >= 0.6 is 0 Å². The minimum atomic E-state index is -4.42. The number of ether oxygens (including phenoxy) is 1. The summed E-state index contributed by atoms with van der Waals surface area (Å²) in [6.07, 6.45) is -2.52. The molecular weight excluding hydrogens is 355 g/mol. The molecule has 1 aliphatic rings. The van der Waals surface area contributed by atoms with E-state index in [1.165, 1.54) is 18.2 Å². The first-order valence-corrected chi connectivity index (χ1v) is 9.13. The van der Waals surface area contributed by atoms with E-state index in [0.717, 1.165) is 11.6 Å². The van der Waals surface area contributed by atoms with Crippen LogP contribution in [0.1, 0.15) is 24.0 Å². The Bertz CT molecular complexity index is 726. The second kappa shape index (κ2) is 8.31. The molecule has 0 bridgehead atoms. The maximum atomic E-state index is 13.0. The van der Waals surface area contributed by atoms with Crippen molar-refractivity contribution in [1.29, 1.82) is 0 Å². The van der Waals surface area contributed by atoms with Crippen LogP contribution in [0.2, 0.25) is 0 Å². The molecule has 0 radical (unpaired) electrons. The van der Waals surface area contributed by atoms with Crippen LogP contribution in [-0.4, -0.2) is 41.8 Å². The van der Waals surface area contributed by atoms with Crippen LogP contribution in [0.25, 0.3) is 0 Å². The van der Waals surface area contributed by atoms with E-state index in [-0.39, 0.29) is 12.4 Å². The number of likely N-dealkylation sites (tertiary alicyclic amines) is 1. The van der Waals surface area contributed by atoms with Crippen molar-refractivity contribution in [2.75, 3.05) is 26.2 Å². The van der Waals surface area contributed by atoms with Gasteiger partial charge in [-0.15, -0.1) is 0 Å². The molecule has 1 aliphatic heterocycles. The summed E-state index contributed by atoms with van der Waals surface area (Å²) in [5.41, 5.74) is -0.358. The summed E-state index contributed by atoms with van der Waals surface area (Å²) in [7, 11) is 0. The van der Waals surface area contributed by atoms with Gasteiger partial charge in [-0.2, -0.15) is 13.2 Å². The molecule has 27 heavy (non-hydrogen) atoms. The summed E-state index contributed by atoms with van der Waals surface area (Å²) in [6.45, 7) is 2.12. The number of hydrogen-bond acceptors (Lipinski definition) is 3. The van der Waals surface area contributed by atoms with Crippen molar-refractivity contribution in [1.82, 2.24) is 4.90 Å². The lowest BCUT2D eigenvalue weighted by Gasteiger charge is -2.38. The summed E-state index contributed by atoms with van der Waals surface area (Å²) < 4.78 is 44.3. The molecule has 1 N–H and O–H groups in total. The van der Waals surface area contributed by atoms with Crippen LogP contribution in [-0.2, 0) is 12.6 Å². The van der Waals surface area contributed by atoms with Gasteiger partial charge < -0.3 is 9.84 Å². The van der Waals surface area contributed by atoms with E-state index in [1.54, 1.807) is 0 Å². The Morgan fingerprint density at radius 2 is 1.59 bits per heavy atom. The van der Waals surface area contributed by atoms with E-state index in [0.29, 0.717) is 38.9 Å². The smallest absolute Gasteiger partial charge is 0.419 e. The number of nitrogens with zero attached hydrogens (tertiary/aromatic N) is 1. The first-order chi connectivity index (χ1) is 12.9. The second-order valence-corrected chi connectivity index (χ2v) is 7.07. The van der Waals surface area contributed by atoms with Gasteiger partial charge >= 0.3 is 6.18 Å². The molecular formula is C21H24F3NO2. The van der Waals surface area contributed by atoms with Gasteiger partial charge in [0, 0.05) is 26.1 Å². The molecule has 6 heteroatoms. The molecule has 0 spiro atoms. The molecule has 0 saturated carbocycles. The Hall–Kier alpha value is -2.05. The van der Waals surface area contributed by atoms with Gasteiger partial charge in [-0.05, 0) is 30.5 Å². The highest BCUT2D eigenvalue weighted by atomic mass is 19.4. The van der Waals surface area contributed by atoms with Gasteiger partial charge in [0.15, 0.2) is 0 Å². The lowest BCUT2D eigenvalue weighted by atomic mass is 9.85. The molecule has 2 aromatic rings. The Balaban J connectivity index is 1.47. The van der Waals surface area contributed by atoms with E-state index >= 15 is 0 Å². The molecule has 1 heterocycles. The van der Waals surface area contributed by atoms with Gasteiger partial charge in [-0.3, -0.25) is 4.90 Å². The van der Waals surface area contributed by atoms with E-state index in [4.69, 9.17) is 4.74 Å². The number of alkyl halides is 3. The zero-order chi connectivity index (χ0) is 19.3. The molecule has 1 fully saturated rings. The number of benzene rings is 2. The van der Waals surface area contributed by atoms with Gasteiger partial charge in [0.2, 0.25) is 0 Å². The number of rotatable bonds is 6.